The molecule has 0 spiro atoms. The Labute approximate surface area is 181 Å². The van der Waals surface area contributed by atoms with Gasteiger partial charge in [0.2, 0.25) is 0 Å². The Balaban J connectivity index is 1.63. The van der Waals surface area contributed by atoms with E-state index in [9.17, 15) is 9.59 Å². The molecule has 0 bridgehead atoms. The maximum atomic E-state index is 13.1. The molecule has 1 fully saturated rings. The fourth-order valence-electron chi connectivity index (χ4n) is 4.13. The van der Waals surface area contributed by atoms with Gasteiger partial charge in [-0.05, 0) is 72.7 Å². The molecule has 1 heterocycles. The highest BCUT2D eigenvalue weighted by Crippen LogP contribution is 2.26. The maximum Gasteiger partial charge on any atom is 0.322 e. The lowest BCUT2D eigenvalue weighted by Crippen LogP contribution is -2.42. The standard InChI is InChI=1S/C24H26ClN3O2/c1-2-16-7-12-22-17(13-16)14-18(23(29)27-22)15-28(21-5-3-4-6-21)24(30)26-20-10-8-19(25)9-11-20/h7-14,21H,2-6,15H2,1H3,(H,26,30)(H,27,29). The molecule has 2 N–H and O–H groups in total. The normalized spacial score (nSPS) is 14.2. The number of nitrogens with one attached hydrogen (secondary N) is 2. The zero-order valence-electron chi connectivity index (χ0n) is 17.1. The second kappa shape index (κ2) is 8.92. The first-order valence-electron chi connectivity index (χ1n) is 10.5. The highest BCUT2D eigenvalue weighted by molar-refractivity contribution is 6.30. The summed E-state index contributed by atoms with van der Waals surface area (Å²) in [5, 5.41) is 4.57. The number of fused-ring (bicyclic) bond motifs is 1. The minimum absolute atomic E-state index is 0.134. The minimum atomic E-state index is -0.189. The van der Waals surface area contributed by atoms with Crippen LogP contribution in [0.2, 0.25) is 5.02 Å². The van der Waals surface area contributed by atoms with Gasteiger partial charge in [-0.15, -0.1) is 0 Å². The predicted octanol–water partition coefficient (Wildman–Crippen LogP) is 5.72. The Kier molecular flexibility index (Phi) is 6.09. The van der Waals surface area contributed by atoms with E-state index >= 15 is 0 Å². The second-order valence-electron chi connectivity index (χ2n) is 7.90. The molecular formula is C24H26ClN3O2. The number of nitrogens with zero attached hydrogens (tertiary/aromatic N) is 1. The van der Waals surface area contributed by atoms with Crippen LogP contribution in [0.4, 0.5) is 10.5 Å². The van der Waals surface area contributed by atoms with Crippen molar-refractivity contribution in [1.82, 2.24) is 9.88 Å². The number of H-pyrrole nitrogens is 1. The van der Waals surface area contributed by atoms with Crippen LogP contribution in [-0.2, 0) is 13.0 Å². The highest BCUT2D eigenvalue weighted by Gasteiger charge is 2.27. The summed E-state index contributed by atoms with van der Waals surface area (Å²) in [6, 6.07) is 15.0. The van der Waals surface area contributed by atoms with Gasteiger partial charge < -0.3 is 15.2 Å². The first-order chi connectivity index (χ1) is 14.5. The first-order valence-corrected chi connectivity index (χ1v) is 10.9. The molecule has 5 nitrogen and oxygen atoms in total. The lowest BCUT2D eigenvalue weighted by molar-refractivity contribution is 0.184. The van der Waals surface area contributed by atoms with Gasteiger partial charge in [0.25, 0.3) is 5.56 Å². The molecule has 1 aliphatic carbocycles. The first kappa shape index (κ1) is 20.5. The number of rotatable bonds is 5. The molecule has 6 heteroatoms. The Bertz CT molecular complexity index is 1100. The van der Waals surface area contributed by atoms with Gasteiger partial charge >= 0.3 is 6.03 Å². The summed E-state index contributed by atoms with van der Waals surface area (Å²) in [5.74, 6) is 0. The molecule has 156 valence electrons. The number of benzene rings is 2. The van der Waals surface area contributed by atoms with Crippen LogP contribution >= 0.6 is 11.6 Å². The number of hydrogen-bond acceptors (Lipinski definition) is 2. The molecule has 30 heavy (non-hydrogen) atoms. The van der Waals surface area contributed by atoms with Crippen LogP contribution in [0.5, 0.6) is 0 Å². The molecule has 4 rings (SSSR count). The van der Waals surface area contributed by atoms with Gasteiger partial charge in [-0.25, -0.2) is 4.79 Å². The van der Waals surface area contributed by atoms with Crippen LogP contribution in [0.15, 0.2) is 53.3 Å². The fraction of sp³-hybridized carbons (Fsp3) is 0.333. The zero-order valence-corrected chi connectivity index (χ0v) is 17.8. The van der Waals surface area contributed by atoms with Gasteiger partial charge in [0.15, 0.2) is 0 Å². The maximum absolute atomic E-state index is 13.1. The monoisotopic (exact) mass is 423 g/mol. The number of hydrogen-bond donors (Lipinski definition) is 2. The van der Waals surface area contributed by atoms with E-state index in [4.69, 9.17) is 11.6 Å². The summed E-state index contributed by atoms with van der Waals surface area (Å²) in [6.45, 7) is 2.39. The van der Waals surface area contributed by atoms with Crippen molar-refractivity contribution in [2.24, 2.45) is 0 Å². The number of aromatic nitrogens is 1. The number of amides is 2. The summed E-state index contributed by atoms with van der Waals surface area (Å²) in [4.78, 5) is 30.6. The van der Waals surface area contributed by atoms with Crippen molar-refractivity contribution < 1.29 is 4.79 Å². The van der Waals surface area contributed by atoms with Crippen LogP contribution in [0.1, 0.15) is 43.7 Å². The van der Waals surface area contributed by atoms with Gasteiger partial charge in [-0.1, -0.05) is 37.4 Å². The van der Waals surface area contributed by atoms with Gasteiger partial charge in [-0.2, -0.15) is 0 Å². The average molecular weight is 424 g/mol. The van der Waals surface area contributed by atoms with Crippen molar-refractivity contribution in [2.75, 3.05) is 5.32 Å². The zero-order chi connectivity index (χ0) is 21.1. The number of carbonyl (C=O) groups excluding carboxylic acids is 1. The molecule has 0 unspecified atom stereocenters. The molecule has 1 aliphatic rings. The Morgan fingerprint density at radius 2 is 1.87 bits per heavy atom. The number of urea groups is 1. The van der Waals surface area contributed by atoms with Gasteiger partial charge in [0.05, 0.1) is 6.54 Å². The van der Waals surface area contributed by atoms with E-state index in [1.165, 1.54) is 5.56 Å². The number of anilines is 1. The predicted molar refractivity (Wildman–Crippen MR) is 122 cm³/mol. The summed E-state index contributed by atoms with van der Waals surface area (Å²) in [7, 11) is 0. The number of aryl methyl sites for hydroxylation is 1. The van der Waals surface area contributed by atoms with Gasteiger partial charge in [0, 0.05) is 27.8 Å². The number of halogens is 1. The second-order valence-corrected chi connectivity index (χ2v) is 8.34. The molecule has 1 saturated carbocycles. The van der Waals surface area contributed by atoms with Crippen LogP contribution in [0.3, 0.4) is 0 Å². The third kappa shape index (κ3) is 4.51. The highest BCUT2D eigenvalue weighted by atomic mass is 35.5. The van der Waals surface area contributed by atoms with Crippen LogP contribution in [0.25, 0.3) is 10.9 Å². The molecule has 3 aromatic rings. The number of pyridine rings is 1. The molecule has 0 aliphatic heterocycles. The van der Waals surface area contributed by atoms with Crippen LogP contribution in [0, 0.1) is 0 Å². The smallest absolute Gasteiger partial charge is 0.322 e. The van der Waals surface area contributed by atoms with Crippen molar-refractivity contribution in [3.63, 3.8) is 0 Å². The number of carbonyl (C=O) groups is 1. The summed E-state index contributed by atoms with van der Waals surface area (Å²) in [6.07, 6.45) is 5.05. The van der Waals surface area contributed by atoms with Crippen molar-refractivity contribution in [3.8, 4) is 0 Å². The molecule has 2 amide bonds. The van der Waals surface area contributed by atoms with Crippen LogP contribution in [-0.4, -0.2) is 22.0 Å². The number of aromatic amines is 1. The van der Waals surface area contributed by atoms with Crippen molar-refractivity contribution >= 4 is 34.2 Å². The molecular weight excluding hydrogens is 398 g/mol. The average Bonchev–Trinajstić information content (AvgIpc) is 3.28. The van der Waals surface area contributed by atoms with Gasteiger partial charge in [0.1, 0.15) is 0 Å². The largest absolute Gasteiger partial charge is 0.322 e. The Hall–Kier alpha value is -2.79. The van der Waals surface area contributed by atoms with Crippen LogP contribution < -0.4 is 10.9 Å². The molecule has 0 saturated heterocycles. The van der Waals surface area contributed by atoms with E-state index < -0.39 is 0 Å². The Morgan fingerprint density at radius 3 is 2.57 bits per heavy atom. The molecule has 0 radical (unpaired) electrons. The van der Waals surface area contributed by atoms with E-state index in [-0.39, 0.29) is 24.2 Å². The lowest BCUT2D eigenvalue weighted by Gasteiger charge is -2.29. The molecule has 2 aromatic carbocycles. The molecule has 0 atom stereocenters. The summed E-state index contributed by atoms with van der Waals surface area (Å²) < 4.78 is 0. The summed E-state index contributed by atoms with van der Waals surface area (Å²) in [5.41, 5.74) is 3.18. The van der Waals surface area contributed by atoms with Crippen molar-refractivity contribution in [2.45, 2.75) is 51.6 Å². The quantitative estimate of drug-likeness (QED) is 0.551. The van der Waals surface area contributed by atoms with E-state index in [1.807, 2.05) is 23.1 Å². The van der Waals surface area contributed by atoms with E-state index in [0.29, 0.717) is 16.3 Å². The third-order valence-corrected chi connectivity index (χ3v) is 6.11. The minimum Gasteiger partial charge on any atom is -0.322 e. The molecule has 1 aromatic heterocycles. The topological polar surface area (TPSA) is 65.2 Å². The SMILES string of the molecule is CCc1ccc2[nH]c(=O)c(CN(C(=O)Nc3ccc(Cl)cc3)C3CCCC3)cc2c1. The van der Waals surface area contributed by atoms with E-state index in [2.05, 4.69) is 23.3 Å². The van der Waals surface area contributed by atoms with Gasteiger partial charge in [-0.3, -0.25) is 4.79 Å². The Morgan fingerprint density at radius 1 is 1.13 bits per heavy atom. The lowest BCUT2D eigenvalue weighted by atomic mass is 10.1. The van der Waals surface area contributed by atoms with Crippen molar-refractivity contribution in [3.05, 3.63) is 75.0 Å². The van der Waals surface area contributed by atoms with E-state index in [0.717, 1.165) is 43.0 Å². The fourth-order valence-corrected chi connectivity index (χ4v) is 4.26. The third-order valence-electron chi connectivity index (χ3n) is 5.86. The van der Waals surface area contributed by atoms with E-state index in [1.54, 1.807) is 24.3 Å². The summed E-state index contributed by atoms with van der Waals surface area (Å²) >= 11 is 5.95. The van der Waals surface area contributed by atoms with Crippen molar-refractivity contribution in [1.29, 1.82) is 0 Å².